The van der Waals surface area contributed by atoms with Gasteiger partial charge in [-0.3, -0.25) is 4.79 Å². The fraction of sp³-hybridized carbons (Fsp3) is 0.316. The van der Waals surface area contributed by atoms with Crippen molar-refractivity contribution in [3.63, 3.8) is 0 Å². The number of piperidine rings is 1. The van der Waals surface area contributed by atoms with Gasteiger partial charge < -0.3 is 9.64 Å². The van der Waals surface area contributed by atoms with E-state index in [4.69, 9.17) is 4.74 Å². The van der Waals surface area contributed by atoms with Crippen molar-refractivity contribution in [2.24, 2.45) is 0 Å². The number of likely N-dealkylation sites (tertiary alicyclic amines) is 1. The monoisotopic (exact) mass is 313 g/mol. The van der Waals surface area contributed by atoms with Gasteiger partial charge in [0.1, 0.15) is 17.7 Å². The van der Waals surface area contributed by atoms with Crippen LogP contribution in [0, 0.1) is 12.7 Å². The minimum atomic E-state index is -0.268. The Morgan fingerprint density at radius 3 is 2.48 bits per heavy atom. The van der Waals surface area contributed by atoms with E-state index < -0.39 is 0 Å². The van der Waals surface area contributed by atoms with Gasteiger partial charge >= 0.3 is 0 Å². The number of amides is 1. The quantitative estimate of drug-likeness (QED) is 0.862. The molecular formula is C19H20FNO2. The summed E-state index contributed by atoms with van der Waals surface area (Å²) >= 11 is 0. The highest BCUT2D eigenvalue weighted by Gasteiger charge is 2.24. The average Bonchev–Trinajstić information content (AvgIpc) is 2.57. The maximum absolute atomic E-state index is 12.9. The van der Waals surface area contributed by atoms with Crippen LogP contribution in [-0.4, -0.2) is 30.0 Å². The number of aryl methyl sites for hydroxylation is 1. The fourth-order valence-electron chi connectivity index (χ4n) is 2.84. The van der Waals surface area contributed by atoms with Crippen LogP contribution < -0.4 is 4.74 Å². The number of carbonyl (C=O) groups is 1. The van der Waals surface area contributed by atoms with E-state index in [1.165, 1.54) is 12.1 Å². The van der Waals surface area contributed by atoms with Gasteiger partial charge in [0.2, 0.25) is 0 Å². The smallest absolute Gasteiger partial charge is 0.253 e. The first-order valence-electron chi connectivity index (χ1n) is 7.90. The summed E-state index contributed by atoms with van der Waals surface area (Å²) in [4.78, 5) is 14.4. The van der Waals surface area contributed by atoms with Crippen LogP contribution in [0.4, 0.5) is 4.39 Å². The molecule has 0 spiro atoms. The molecular weight excluding hydrogens is 293 g/mol. The second kappa shape index (κ2) is 6.82. The maximum atomic E-state index is 12.9. The predicted octanol–water partition coefficient (Wildman–Crippen LogP) is 3.82. The van der Waals surface area contributed by atoms with Crippen molar-refractivity contribution in [1.29, 1.82) is 0 Å². The molecule has 1 aliphatic heterocycles. The molecule has 0 aromatic heterocycles. The van der Waals surface area contributed by atoms with E-state index in [9.17, 15) is 9.18 Å². The van der Waals surface area contributed by atoms with Crippen molar-refractivity contribution in [3.05, 3.63) is 65.5 Å². The predicted molar refractivity (Wildman–Crippen MR) is 87.1 cm³/mol. The normalized spacial score (nSPS) is 15.5. The summed E-state index contributed by atoms with van der Waals surface area (Å²) in [5, 5.41) is 0. The molecule has 0 aliphatic carbocycles. The summed E-state index contributed by atoms with van der Waals surface area (Å²) in [5.41, 5.74) is 1.83. The van der Waals surface area contributed by atoms with E-state index in [1.807, 2.05) is 36.1 Å². The van der Waals surface area contributed by atoms with Gasteiger partial charge in [0.05, 0.1) is 0 Å². The van der Waals surface area contributed by atoms with Crippen LogP contribution in [0.3, 0.4) is 0 Å². The Labute approximate surface area is 135 Å². The summed E-state index contributed by atoms with van der Waals surface area (Å²) < 4.78 is 18.8. The van der Waals surface area contributed by atoms with Crippen LogP contribution >= 0.6 is 0 Å². The van der Waals surface area contributed by atoms with Gasteiger partial charge in [0, 0.05) is 31.5 Å². The fourth-order valence-corrected chi connectivity index (χ4v) is 2.84. The van der Waals surface area contributed by atoms with Gasteiger partial charge in [-0.25, -0.2) is 4.39 Å². The highest BCUT2D eigenvalue weighted by atomic mass is 19.1. The molecule has 23 heavy (non-hydrogen) atoms. The van der Waals surface area contributed by atoms with E-state index in [1.54, 1.807) is 12.1 Å². The number of hydrogen-bond acceptors (Lipinski definition) is 2. The van der Waals surface area contributed by atoms with E-state index in [2.05, 4.69) is 0 Å². The molecule has 1 fully saturated rings. The Bertz CT molecular complexity index is 676. The highest BCUT2D eigenvalue weighted by Crippen LogP contribution is 2.20. The molecule has 1 aliphatic rings. The molecule has 3 nitrogen and oxygen atoms in total. The van der Waals surface area contributed by atoms with Crippen molar-refractivity contribution in [2.75, 3.05) is 13.1 Å². The second-order valence-electron chi connectivity index (χ2n) is 5.93. The van der Waals surface area contributed by atoms with Gasteiger partial charge in [-0.15, -0.1) is 0 Å². The van der Waals surface area contributed by atoms with Crippen LogP contribution in [0.5, 0.6) is 5.75 Å². The third kappa shape index (κ3) is 3.89. The molecule has 2 aromatic carbocycles. The van der Waals surface area contributed by atoms with Crippen molar-refractivity contribution in [2.45, 2.75) is 25.9 Å². The number of ether oxygens (including phenoxy) is 1. The molecule has 1 saturated heterocycles. The highest BCUT2D eigenvalue weighted by molar-refractivity contribution is 5.94. The summed E-state index contributed by atoms with van der Waals surface area (Å²) in [5.74, 6) is 0.486. The summed E-state index contributed by atoms with van der Waals surface area (Å²) in [6, 6.07) is 13.7. The van der Waals surface area contributed by atoms with Crippen molar-refractivity contribution in [3.8, 4) is 5.75 Å². The molecule has 2 aromatic rings. The molecule has 0 saturated carbocycles. The first kappa shape index (κ1) is 15.5. The van der Waals surface area contributed by atoms with E-state index >= 15 is 0 Å². The van der Waals surface area contributed by atoms with E-state index in [0.29, 0.717) is 18.8 Å². The van der Waals surface area contributed by atoms with Crippen LogP contribution in [-0.2, 0) is 0 Å². The summed E-state index contributed by atoms with van der Waals surface area (Å²) in [6.07, 6.45) is 1.64. The standard InChI is InChI=1S/C19H20FNO2/c1-14-3-2-4-15(13-14)19(22)21-11-9-18(10-12-21)23-17-7-5-16(20)6-8-17/h2-8,13,18H,9-12H2,1H3. The average molecular weight is 313 g/mol. The molecule has 4 heteroatoms. The van der Waals surface area contributed by atoms with Crippen molar-refractivity contribution >= 4 is 5.91 Å². The lowest BCUT2D eigenvalue weighted by Crippen LogP contribution is -2.41. The molecule has 1 amide bonds. The topological polar surface area (TPSA) is 29.5 Å². The Kier molecular flexibility index (Phi) is 4.60. The molecule has 0 bridgehead atoms. The summed E-state index contributed by atoms with van der Waals surface area (Å²) in [7, 11) is 0. The SMILES string of the molecule is Cc1cccc(C(=O)N2CCC(Oc3ccc(F)cc3)CC2)c1. The van der Waals surface area contributed by atoms with E-state index in [-0.39, 0.29) is 17.8 Å². The van der Waals surface area contributed by atoms with Crippen molar-refractivity contribution in [1.82, 2.24) is 4.90 Å². The Balaban J connectivity index is 1.55. The number of halogens is 1. The Morgan fingerprint density at radius 2 is 1.83 bits per heavy atom. The van der Waals surface area contributed by atoms with Crippen molar-refractivity contribution < 1.29 is 13.9 Å². The van der Waals surface area contributed by atoms with Crippen LogP contribution in [0.15, 0.2) is 48.5 Å². The van der Waals surface area contributed by atoms with Crippen LogP contribution in [0.25, 0.3) is 0 Å². The zero-order chi connectivity index (χ0) is 16.2. The molecule has 0 atom stereocenters. The number of hydrogen-bond donors (Lipinski definition) is 0. The number of carbonyl (C=O) groups excluding carboxylic acids is 1. The third-order valence-corrected chi connectivity index (χ3v) is 4.11. The molecule has 3 rings (SSSR count). The van der Waals surface area contributed by atoms with Gasteiger partial charge in [0.25, 0.3) is 5.91 Å². The lowest BCUT2D eigenvalue weighted by molar-refractivity contribution is 0.0595. The van der Waals surface area contributed by atoms with Gasteiger partial charge in [0.15, 0.2) is 0 Å². The summed E-state index contributed by atoms with van der Waals surface area (Å²) in [6.45, 7) is 3.34. The first-order valence-corrected chi connectivity index (χ1v) is 7.90. The first-order chi connectivity index (χ1) is 11.1. The molecule has 120 valence electrons. The largest absolute Gasteiger partial charge is 0.490 e. The lowest BCUT2D eigenvalue weighted by atomic mass is 10.1. The van der Waals surface area contributed by atoms with Crippen LogP contribution in [0.1, 0.15) is 28.8 Å². The molecule has 0 radical (unpaired) electrons. The third-order valence-electron chi connectivity index (χ3n) is 4.11. The number of rotatable bonds is 3. The van der Waals surface area contributed by atoms with Gasteiger partial charge in [-0.1, -0.05) is 17.7 Å². The minimum Gasteiger partial charge on any atom is -0.490 e. The van der Waals surface area contributed by atoms with E-state index in [0.717, 1.165) is 24.0 Å². The lowest BCUT2D eigenvalue weighted by Gasteiger charge is -2.32. The number of nitrogens with zero attached hydrogens (tertiary/aromatic N) is 1. The van der Waals surface area contributed by atoms with Crippen LogP contribution in [0.2, 0.25) is 0 Å². The van der Waals surface area contributed by atoms with Gasteiger partial charge in [-0.05, 0) is 43.3 Å². The Morgan fingerprint density at radius 1 is 1.13 bits per heavy atom. The zero-order valence-corrected chi connectivity index (χ0v) is 13.2. The maximum Gasteiger partial charge on any atom is 0.253 e. The molecule has 0 unspecified atom stereocenters. The Hall–Kier alpha value is -2.36. The zero-order valence-electron chi connectivity index (χ0n) is 13.2. The number of benzene rings is 2. The molecule has 0 N–H and O–H groups in total. The second-order valence-corrected chi connectivity index (χ2v) is 5.93. The minimum absolute atomic E-state index is 0.0713. The molecule has 1 heterocycles. The van der Waals surface area contributed by atoms with Gasteiger partial charge in [-0.2, -0.15) is 0 Å².